The fourth-order valence-corrected chi connectivity index (χ4v) is 3.62. The fraction of sp³-hybridized carbons (Fsp3) is 0.400. The molecule has 1 atom stereocenters. The number of hydrogen-bond donors (Lipinski definition) is 2. The van der Waals surface area contributed by atoms with Gasteiger partial charge in [0.25, 0.3) is 5.91 Å². The molecule has 0 spiro atoms. The molecule has 1 unspecified atom stereocenters. The Bertz CT molecular complexity index is 870. The summed E-state index contributed by atoms with van der Waals surface area (Å²) < 4.78 is 5.32. The molecule has 2 aliphatic rings. The number of piperidine rings is 1. The Morgan fingerprint density at radius 2 is 2.10 bits per heavy atom. The highest BCUT2D eigenvalue weighted by molar-refractivity contribution is 6.17. The average molecular weight is 420 g/mol. The van der Waals surface area contributed by atoms with Crippen molar-refractivity contribution in [3.63, 3.8) is 0 Å². The van der Waals surface area contributed by atoms with E-state index in [1.807, 2.05) is 0 Å². The SMILES string of the molecule is C=C1c2c(NC(=O)COCCCCCl)cccc2C(=O)N1C1CCC(=O)NC1=O. The van der Waals surface area contributed by atoms with Crippen molar-refractivity contribution in [2.45, 2.75) is 31.7 Å². The largest absolute Gasteiger partial charge is 0.372 e. The van der Waals surface area contributed by atoms with Crippen LogP contribution in [0.4, 0.5) is 5.69 Å². The second-order valence-electron chi connectivity index (χ2n) is 6.81. The zero-order chi connectivity index (χ0) is 21.0. The van der Waals surface area contributed by atoms with Crippen molar-refractivity contribution in [3.8, 4) is 0 Å². The molecule has 4 amide bonds. The zero-order valence-electron chi connectivity index (χ0n) is 15.8. The number of carbonyl (C=O) groups excluding carboxylic acids is 4. The van der Waals surface area contributed by atoms with Gasteiger partial charge in [-0.1, -0.05) is 12.6 Å². The maximum absolute atomic E-state index is 12.9. The summed E-state index contributed by atoms with van der Waals surface area (Å²) in [6.07, 6.45) is 1.95. The topological polar surface area (TPSA) is 105 Å². The molecule has 8 nitrogen and oxygen atoms in total. The molecule has 0 aliphatic carbocycles. The number of nitrogens with zero attached hydrogens (tertiary/aromatic N) is 1. The van der Waals surface area contributed by atoms with Gasteiger partial charge in [-0.25, -0.2) is 0 Å². The predicted octanol–water partition coefficient (Wildman–Crippen LogP) is 1.89. The molecule has 3 rings (SSSR count). The third kappa shape index (κ3) is 4.49. The number of alkyl halides is 1. The lowest BCUT2D eigenvalue weighted by molar-refractivity contribution is -0.136. The maximum atomic E-state index is 12.9. The van der Waals surface area contributed by atoms with Gasteiger partial charge in [0, 0.05) is 30.2 Å². The van der Waals surface area contributed by atoms with E-state index in [2.05, 4.69) is 17.2 Å². The van der Waals surface area contributed by atoms with Crippen LogP contribution in [0.2, 0.25) is 0 Å². The van der Waals surface area contributed by atoms with Crippen molar-refractivity contribution in [2.24, 2.45) is 0 Å². The van der Waals surface area contributed by atoms with E-state index in [9.17, 15) is 19.2 Å². The molecular formula is C20H22ClN3O5. The van der Waals surface area contributed by atoms with Crippen molar-refractivity contribution in [3.05, 3.63) is 35.9 Å². The van der Waals surface area contributed by atoms with Crippen LogP contribution in [0.3, 0.4) is 0 Å². The van der Waals surface area contributed by atoms with Crippen LogP contribution < -0.4 is 10.6 Å². The van der Waals surface area contributed by atoms with Gasteiger partial charge in [-0.15, -0.1) is 11.6 Å². The van der Waals surface area contributed by atoms with Gasteiger partial charge in [0.2, 0.25) is 17.7 Å². The summed E-state index contributed by atoms with van der Waals surface area (Å²) in [6.45, 7) is 4.28. The Morgan fingerprint density at radius 1 is 1.31 bits per heavy atom. The minimum Gasteiger partial charge on any atom is -0.372 e. The number of hydrogen-bond acceptors (Lipinski definition) is 5. The van der Waals surface area contributed by atoms with Gasteiger partial charge in [-0.3, -0.25) is 29.4 Å². The molecule has 0 saturated carbocycles. The van der Waals surface area contributed by atoms with Gasteiger partial charge in [0.1, 0.15) is 12.6 Å². The van der Waals surface area contributed by atoms with Crippen LogP contribution in [-0.4, -0.2) is 53.7 Å². The highest BCUT2D eigenvalue weighted by atomic mass is 35.5. The maximum Gasteiger partial charge on any atom is 0.259 e. The number of halogens is 1. The van der Waals surface area contributed by atoms with E-state index in [1.165, 1.54) is 4.90 Å². The molecule has 1 aromatic carbocycles. The van der Waals surface area contributed by atoms with Crippen LogP contribution in [0.5, 0.6) is 0 Å². The molecule has 1 aromatic rings. The smallest absolute Gasteiger partial charge is 0.259 e. The molecule has 29 heavy (non-hydrogen) atoms. The number of rotatable bonds is 8. The second kappa shape index (κ2) is 9.19. The first-order valence-electron chi connectivity index (χ1n) is 9.37. The summed E-state index contributed by atoms with van der Waals surface area (Å²) in [6, 6.07) is 4.12. The van der Waals surface area contributed by atoms with Crippen molar-refractivity contribution < 1.29 is 23.9 Å². The number of amides is 4. The summed E-state index contributed by atoms with van der Waals surface area (Å²) in [4.78, 5) is 50.0. The fourth-order valence-electron chi connectivity index (χ4n) is 3.43. The molecule has 0 bridgehead atoms. The van der Waals surface area contributed by atoms with Crippen LogP contribution in [0.15, 0.2) is 24.8 Å². The molecule has 2 aliphatic heterocycles. The average Bonchev–Trinajstić information content (AvgIpc) is 2.93. The van der Waals surface area contributed by atoms with E-state index in [1.54, 1.807) is 18.2 Å². The van der Waals surface area contributed by atoms with E-state index >= 15 is 0 Å². The van der Waals surface area contributed by atoms with Crippen LogP contribution in [0, 0.1) is 0 Å². The van der Waals surface area contributed by atoms with Gasteiger partial charge >= 0.3 is 0 Å². The zero-order valence-corrected chi connectivity index (χ0v) is 16.6. The summed E-state index contributed by atoms with van der Waals surface area (Å²) in [5.41, 5.74) is 1.56. The standard InChI is InChI=1S/C20H22ClN3O5/c1-12-18-13(20(28)24(12)15-7-8-16(25)23-19(15)27)5-4-6-14(18)22-17(26)11-29-10-3-2-9-21/h4-6,15H,1-3,7-11H2,(H,22,26)(H,23,25,27). The molecule has 2 heterocycles. The normalized spacial score (nSPS) is 18.7. The number of unbranched alkanes of at least 4 members (excludes halogenated alkanes) is 1. The minimum absolute atomic E-state index is 0.122. The molecule has 154 valence electrons. The number of ether oxygens (including phenoxy) is 1. The van der Waals surface area contributed by atoms with Crippen LogP contribution >= 0.6 is 11.6 Å². The first-order valence-corrected chi connectivity index (χ1v) is 9.90. The Morgan fingerprint density at radius 3 is 2.83 bits per heavy atom. The number of benzene rings is 1. The first kappa shape index (κ1) is 21.0. The minimum atomic E-state index is -0.811. The Hall–Kier alpha value is -2.71. The predicted molar refractivity (Wildman–Crippen MR) is 107 cm³/mol. The van der Waals surface area contributed by atoms with Gasteiger partial charge < -0.3 is 10.1 Å². The first-order chi connectivity index (χ1) is 13.9. The molecule has 1 fully saturated rings. The number of imide groups is 1. The van der Waals surface area contributed by atoms with E-state index in [4.69, 9.17) is 16.3 Å². The Labute approximate surface area is 173 Å². The molecular weight excluding hydrogens is 398 g/mol. The summed E-state index contributed by atoms with van der Waals surface area (Å²) >= 11 is 5.60. The number of anilines is 1. The lowest BCUT2D eigenvalue weighted by Crippen LogP contribution is -2.52. The quantitative estimate of drug-likeness (QED) is 0.380. The molecule has 0 aromatic heterocycles. The molecule has 0 radical (unpaired) electrons. The summed E-state index contributed by atoms with van der Waals surface area (Å²) in [5.74, 6) is -1.08. The van der Waals surface area contributed by atoms with Crippen LogP contribution in [0.25, 0.3) is 5.70 Å². The Kier molecular flexibility index (Phi) is 6.66. The summed E-state index contributed by atoms with van der Waals surface area (Å²) in [5, 5.41) is 4.99. The van der Waals surface area contributed by atoms with E-state index in [0.717, 1.165) is 12.8 Å². The Balaban J connectivity index is 1.72. The number of fused-ring (bicyclic) bond motifs is 1. The lowest BCUT2D eigenvalue weighted by Gasteiger charge is -2.30. The highest BCUT2D eigenvalue weighted by Gasteiger charge is 2.42. The highest BCUT2D eigenvalue weighted by Crippen LogP contribution is 2.39. The van der Waals surface area contributed by atoms with Crippen LogP contribution in [0.1, 0.15) is 41.6 Å². The van der Waals surface area contributed by atoms with Crippen molar-refractivity contribution in [1.82, 2.24) is 10.2 Å². The third-order valence-corrected chi connectivity index (χ3v) is 5.06. The number of nitrogens with one attached hydrogen (secondary N) is 2. The van der Waals surface area contributed by atoms with Gasteiger partial charge in [-0.05, 0) is 31.4 Å². The summed E-state index contributed by atoms with van der Waals surface area (Å²) in [7, 11) is 0. The monoisotopic (exact) mass is 419 g/mol. The van der Waals surface area contributed by atoms with E-state index < -0.39 is 11.9 Å². The molecule has 2 N–H and O–H groups in total. The van der Waals surface area contributed by atoms with Crippen molar-refractivity contribution >= 4 is 46.6 Å². The van der Waals surface area contributed by atoms with Gasteiger partial charge in [0.05, 0.1) is 11.3 Å². The number of carbonyl (C=O) groups is 4. The van der Waals surface area contributed by atoms with Gasteiger partial charge in [-0.2, -0.15) is 0 Å². The second-order valence-corrected chi connectivity index (χ2v) is 7.19. The van der Waals surface area contributed by atoms with E-state index in [0.29, 0.717) is 35.0 Å². The lowest BCUT2D eigenvalue weighted by atomic mass is 10.0. The van der Waals surface area contributed by atoms with E-state index in [-0.39, 0.29) is 37.2 Å². The third-order valence-electron chi connectivity index (χ3n) is 4.79. The molecule has 9 heteroatoms. The molecule has 1 saturated heterocycles. The van der Waals surface area contributed by atoms with Gasteiger partial charge in [0.15, 0.2) is 0 Å². The van der Waals surface area contributed by atoms with Crippen molar-refractivity contribution in [1.29, 1.82) is 0 Å². The van der Waals surface area contributed by atoms with Crippen LogP contribution in [-0.2, 0) is 19.1 Å². The van der Waals surface area contributed by atoms with Crippen molar-refractivity contribution in [2.75, 3.05) is 24.4 Å².